The number of nitrogens with zero attached hydrogens (tertiary/aromatic N) is 4. The summed E-state index contributed by atoms with van der Waals surface area (Å²) >= 11 is 1.53. The van der Waals surface area contributed by atoms with E-state index < -0.39 is 0 Å². The van der Waals surface area contributed by atoms with Gasteiger partial charge >= 0.3 is 0 Å². The molecule has 96 valence electrons. The second kappa shape index (κ2) is 4.55. The van der Waals surface area contributed by atoms with E-state index >= 15 is 0 Å². The van der Waals surface area contributed by atoms with Crippen molar-refractivity contribution in [3.63, 3.8) is 0 Å². The normalized spacial score (nSPS) is 11.1. The summed E-state index contributed by atoms with van der Waals surface area (Å²) in [6, 6.07) is 1.89. The second-order valence-corrected chi connectivity index (χ2v) is 5.63. The van der Waals surface area contributed by atoms with E-state index in [4.69, 9.17) is 0 Å². The minimum Gasteiger partial charge on any atom is -0.294 e. The molecule has 0 aromatic carbocycles. The highest BCUT2D eigenvalue weighted by Crippen LogP contribution is 2.19. The fourth-order valence-corrected chi connectivity index (χ4v) is 2.73. The van der Waals surface area contributed by atoms with Gasteiger partial charge in [-0.2, -0.15) is 0 Å². The molecule has 5 nitrogen and oxygen atoms in total. The molecule has 0 N–H and O–H groups in total. The van der Waals surface area contributed by atoms with Gasteiger partial charge in [0.1, 0.15) is 10.7 Å². The van der Waals surface area contributed by atoms with Gasteiger partial charge < -0.3 is 0 Å². The Hall–Kier alpha value is -2.08. The smallest absolute Gasteiger partial charge is 0.262 e. The molecule has 0 saturated heterocycles. The molecule has 0 saturated carbocycles. The summed E-state index contributed by atoms with van der Waals surface area (Å²) in [5, 5.41) is 0.679. The maximum Gasteiger partial charge on any atom is 0.262 e. The van der Waals surface area contributed by atoms with E-state index in [2.05, 4.69) is 15.0 Å². The third-order valence-electron chi connectivity index (χ3n) is 2.83. The van der Waals surface area contributed by atoms with Crippen molar-refractivity contribution in [3.05, 3.63) is 51.4 Å². The van der Waals surface area contributed by atoms with Crippen molar-refractivity contribution in [2.75, 3.05) is 0 Å². The standard InChI is InChI=1S/C13H12N4OS/c1-8-3-11-12(19-8)16-7-17(13(11)18)6-10-4-14-9(2)15-5-10/h3-5,7H,6H2,1-2H3. The van der Waals surface area contributed by atoms with Gasteiger partial charge in [0.25, 0.3) is 5.56 Å². The molecule has 3 heterocycles. The molecule has 3 rings (SSSR count). The van der Waals surface area contributed by atoms with E-state index in [-0.39, 0.29) is 5.56 Å². The third kappa shape index (κ3) is 2.26. The third-order valence-corrected chi connectivity index (χ3v) is 3.79. The quantitative estimate of drug-likeness (QED) is 0.715. The van der Waals surface area contributed by atoms with E-state index in [0.29, 0.717) is 11.9 Å². The van der Waals surface area contributed by atoms with E-state index in [1.54, 1.807) is 23.3 Å². The van der Waals surface area contributed by atoms with Crippen LogP contribution in [0.2, 0.25) is 0 Å². The van der Waals surface area contributed by atoms with Crippen molar-refractivity contribution in [1.29, 1.82) is 0 Å². The van der Waals surface area contributed by atoms with Gasteiger partial charge in [-0.3, -0.25) is 9.36 Å². The molecule has 0 aliphatic heterocycles. The average molecular weight is 272 g/mol. The monoisotopic (exact) mass is 272 g/mol. The fourth-order valence-electron chi connectivity index (χ4n) is 1.89. The molecule has 0 aliphatic carbocycles. The first-order valence-corrected chi connectivity index (χ1v) is 6.68. The number of fused-ring (bicyclic) bond motifs is 1. The van der Waals surface area contributed by atoms with E-state index in [9.17, 15) is 4.79 Å². The Kier molecular flexibility index (Phi) is 2.87. The van der Waals surface area contributed by atoms with Gasteiger partial charge in [-0.15, -0.1) is 11.3 Å². The molecule has 0 radical (unpaired) electrons. The summed E-state index contributed by atoms with van der Waals surface area (Å²) in [5.74, 6) is 0.720. The Morgan fingerprint density at radius 2 is 1.95 bits per heavy atom. The molecule has 0 amide bonds. The molecular weight excluding hydrogens is 260 g/mol. The molecule has 0 atom stereocenters. The minimum atomic E-state index is -0.0186. The number of aryl methyl sites for hydroxylation is 2. The van der Waals surface area contributed by atoms with Crippen LogP contribution in [0.3, 0.4) is 0 Å². The zero-order chi connectivity index (χ0) is 13.4. The number of rotatable bonds is 2. The maximum atomic E-state index is 12.3. The van der Waals surface area contributed by atoms with Crippen LogP contribution in [0.4, 0.5) is 0 Å². The van der Waals surface area contributed by atoms with E-state index in [1.807, 2.05) is 19.9 Å². The first-order chi connectivity index (χ1) is 9.13. The molecular formula is C13H12N4OS. The lowest BCUT2D eigenvalue weighted by molar-refractivity contribution is 0.740. The maximum absolute atomic E-state index is 12.3. The van der Waals surface area contributed by atoms with Crippen LogP contribution in [0.15, 0.2) is 29.6 Å². The lowest BCUT2D eigenvalue weighted by Gasteiger charge is -2.04. The molecule has 6 heteroatoms. The van der Waals surface area contributed by atoms with Crippen molar-refractivity contribution in [1.82, 2.24) is 19.5 Å². The van der Waals surface area contributed by atoms with Gasteiger partial charge in [-0.1, -0.05) is 0 Å². The van der Waals surface area contributed by atoms with Crippen molar-refractivity contribution in [2.24, 2.45) is 0 Å². The molecule has 0 aliphatic rings. The number of hydrogen-bond acceptors (Lipinski definition) is 5. The molecule has 3 aromatic heterocycles. The Balaban J connectivity index is 2.03. The zero-order valence-corrected chi connectivity index (χ0v) is 11.4. The Labute approximate surface area is 113 Å². The van der Waals surface area contributed by atoms with Crippen LogP contribution in [0.25, 0.3) is 10.2 Å². The topological polar surface area (TPSA) is 60.7 Å². The number of hydrogen-bond donors (Lipinski definition) is 0. The summed E-state index contributed by atoms with van der Waals surface area (Å²) in [6.45, 7) is 4.25. The summed E-state index contributed by atoms with van der Waals surface area (Å²) in [5.41, 5.74) is 0.871. The van der Waals surface area contributed by atoms with Crippen molar-refractivity contribution >= 4 is 21.6 Å². The molecule has 19 heavy (non-hydrogen) atoms. The first-order valence-electron chi connectivity index (χ1n) is 5.86. The fraction of sp³-hybridized carbons (Fsp3) is 0.231. The van der Waals surface area contributed by atoms with Gasteiger partial charge in [0.05, 0.1) is 18.3 Å². The highest BCUT2D eigenvalue weighted by atomic mass is 32.1. The minimum absolute atomic E-state index is 0.0186. The Morgan fingerprint density at radius 3 is 2.68 bits per heavy atom. The van der Waals surface area contributed by atoms with E-state index in [0.717, 1.165) is 21.1 Å². The average Bonchev–Trinajstić information content (AvgIpc) is 2.77. The highest BCUT2D eigenvalue weighted by Gasteiger charge is 2.07. The van der Waals surface area contributed by atoms with Crippen LogP contribution < -0.4 is 5.56 Å². The first kappa shape index (κ1) is 12.0. The van der Waals surface area contributed by atoms with Gasteiger partial charge in [-0.05, 0) is 19.9 Å². The van der Waals surface area contributed by atoms with Gasteiger partial charge in [0.2, 0.25) is 0 Å². The zero-order valence-electron chi connectivity index (χ0n) is 10.6. The van der Waals surface area contributed by atoms with Crippen LogP contribution in [0.1, 0.15) is 16.3 Å². The summed E-state index contributed by atoms with van der Waals surface area (Å²) in [7, 11) is 0. The van der Waals surface area contributed by atoms with E-state index in [1.165, 1.54) is 11.3 Å². The van der Waals surface area contributed by atoms with Crippen LogP contribution in [-0.2, 0) is 6.54 Å². The van der Waals surface area contributed by atoms with Crippen molar-refractivity contribution in [2.45, 2.75) is 20.4 Å². The van der Waals surface area contributed by atoms with Crippen LogP contribution >= 0.6 is 11.3 Å². The van der Waals surface area contributed by atoms with Crippen LogP contribution in [0.5, 0.6) is 0 Å². The van der Waals surface area contributed by atoms with Crippen LogP contribution in [-0.4, -0.2) is 19.5 Å². The molecule has 0 fully saturated rings. The summed E-state index contributed by atoms with van der Waals surface area (Å²) in [4.78, 5) is 26.8. The van der Waals surface area contributed by atoms with Gasteiger partial charge in [0, 0.05) is 22.8 Å². The molecule has 0 spiro atoms. The molecule has 0 unspecified atom stereocenters. The molecule has 0 bridgehead atoms. The number of aromatic nitrogens is 4. The predicted molar refractivity (Wildman–Crippen MR) is 74.5 cm³/mol. The predicted octanol–water partition coefficient (Wildman–Crippen LogP) is 1.91. The summed E-state index contributed by atoms with van der Waals surface area (Å²) in [6.07, 6.45) is 5.05. The van der Waals surface area contributed by atoms with Crippen LogP contribution in [0, 0.1) is 13.8 Å². The van der Waals surface area contributed by atoms with Crippen molar-refractivity contribution in [3.8, 4) is 0 Å². The highest BCUT2D eigenvalue weighted by molar-refractivity contribution is 7.18. The lowest BCUT2D eigenvalue weighted by Crippen LogP contribution is -2.20. The Morgan fingerprint density at radius 1 is 1.21 bits per heavy atom. The SMILES string of the molecule is Cc1ncc(Cn2cnc3sc(C)cc3c2=O)cn1. The Bertz CT molecular complexity index is 789. The molecule has 3 aromatic rings. The lowest BCUT2D eigenvalue weighted by atomic mass is 10.3. The van der Waals surface area contributed by atoms with Crippen molar-refractivity contribution < 1.29 is 0 Å². The van der Waals surface area contributed by atoms with Gasteiger partial charge in [0.15, 0.2) is 0 Å². The second-order valence-electron chi connectivity index (χ2n) is 4.39. The largest absolute Gasteiger partial charge is 0.294 e. The van der Waals surface area contributed by atoms with Gasteiger partial charge in [-0.25, -0.2) is 15.0 Å². The summed E-state index contributed by atoms with van der Waals surface area (Å²) < 4.78 is 1.59. The number of thiophene rings is 1.